The summed E-state index contributed by atoms with van der Waals surface area (Å²) in [5.74, 6) is 1.67. The van der Waals surface area contributed by atoms with E-state index < -0.39 is 0 Å². The van der Waals surface area contributed by atoms with Crippen molar-refractivity contribution in [2.45, 2.75) is 45.4 Å². The lowest BCUT2D eigenvalue weighted by Gasteiger charge is -2.30. The molecule has 23 heavy (non-hydrogen) atoms. The summed E-state index contributed by atoms with van der Waals surface area (Å²) in [4.78, 5) is 18.1. The molecule has 0 saturated carbocycles. The van der Waals surface area contributed by atoms with Crippen LogP contribution in [0.5, 0.6) is 0 Å². The van der Waals surface area contributed by atoms with Crippen molar-refractivity contribution in [3.05, 3.63) is 29.9 Å². The van der Waals surface area contributed by atoms with E-state index in [-0.39, 0.29) is 11.8 Å². The molecular formula is C17H22N4O2. The predicted octanol–water partition coefficient (Wildman–Crippen LogP) is 2.95. The Morgan fingerprint density at radius 3 is 2.74 bits per heavy atom. The number of carbonyl (C=O) groups is 1. The summed E-state index contributed by atoms with van der Waals surface area (Å²) < 4.78 is 5.83. The fourth-order valence-corrected chi connectivity index (χ4v) is 2.86. The lowest BCUT2D eigenvalue weighted by molar-refractivity contribution is -0.132. The van der Waals surface area contributed by atoms with Crippen molar-refractivity contribution in [2.75, 3.05) is 13.1 Å². The third-order valence-electron chi connectivity index (χ3n) is 4.26. The minimum absolute atomic E-state index is 0.236. The van der Waals surface area contributed by atoms with E-state index in [2.05, 4.69) is 15.2 Å². The average molecular weight is 314 g/mol. The van der Waals surface area contributed by atoms with Crippen molar-refractivity contribution in [2.24, 2.45) is 0 Å². The van der Waals surface area contributed by atoms with Gasteiger partial charge in [-0.15, -0.1) is 10.2 Å². The number of aromatic nitrogens is 3. The zero-order valence-corrected chi connectivity index (χ0v) is 13.7. The Morgan fingerprint density at radius 1 is 1.30 bits per heavy atom. The molecular weight excluding hydrogens is 292 g/mol. The van der Waals surface area contributed by atoms with Gasteiger partial charge in [0.1, 0.15) is 0 Å². The molecule has 1 aliphatic rings. The van der Waals surface area contributed by atoms with Crippen molar-refractivity contribution in [3.63, 3.8) is 0 Å². The molecule has 0 atom stereocenters. The first kappa shape index (κ1) is 15.6. The van der Waals surface area contributed by atoms with Gasteiger partial charge in [0.15, 0.2) is 0 Å². The topological polar surface area (TPSA) is 72.1 Å². The molecule has 0 bridgehead atoms. The summed E-state index contributed by atoms with van der Waals surface area (Å²) in [6, 6.07) is 3.86. The minimum Gasteiger partial charge on any atom is -0.420 e. The standard InChI is InChI=1S/C17H22N4O2/c1-3-4-15(22)21-9-7-13(8-10-21)16-19-20-17(23-16)14-6-5-12(2)18-11-14/h5-6,11,13H,3-4,7-10H2,1-2H3. The number of likely N-dealkylation sites (tertiary alicyclic amines) is 1. The minimum atomic E-state index is 0.236. The molecule has 122 valence electrons. The van der Waals surface area contributed by atoms with E-state index in [4.69, 9.17) is 4.42 Å². The number of carbonyl (C=O) groups excluding carboxylic acids is 1. The van der Waals surface area contributed by atoms with Crippen LogP contribution in [-0.2, 0) is 4.79 Å². The molecule has 0 spiro atoms. The first-order valence-corrected chi connectivity index (χ1v) is 8.21. The van der Waals surface area contributed by atoms with Gasteiger partial charge < -0.3 is 9.32 Å². The highest BCUT2D eigenvalue weighted by Gasteiger charge is 2.27. The zero-order chi connectivity index (χ0) is 16.2. The van der Waals surface area contributed by atoms with Crippen LogP contribution in [0.25, 0.3) is 11.5 Å². The van der Waals surface area contributed by atoms with Gasteiger partial charge >= 0.3 is 0 Å². The third-order valence-corrected chi connectivity index (χ3v) is 4.26. The van der Waals surface area contributed by atoms with Crippen LogP contribution in [0, 0.1) is 6.92 Å². The molecule has 0 aliphatic carbocycles. The third kappa shape index (κ3) is 3.57. The number of amides is 1. The van der Waals surface area contributed by atoms with Crippen molar-refractivity contribution in [3.8, 4) is 11.5 Å². The van der Waals surface area contributed by atoms with Gasteiger partial charge in [0.05, 0.1) is 5.56 Å². The predicted molar refractivity (Wildman–Crippen MR) is 85.7 cm³/mol. The molecule has 2 aromatic rings. The molecule has 0 unspecified atom stereocenters. The lowest BCUT2D eigenvalue weighted by Crippen LogP contribution is -2.37. The van der Waals surface area contributed by atoms with Crippen molar-refractivity contribution in [1.82, 2.24) is 20.1 Å². The first-order valence-electron chi connectivity index (χ1n) is 8.21. The Bertz CT molecular complexity index is 657. The molecule has 1 fully saturated rings. The number of nitrogens with zero attached hydrogens (tertiary/aromatic N) is 4. The summed E-state index contributed by atoms with van der Waals surface area (Å²) in [6.45, 7) is 5.52. The Labute approximate surface area is 135 Å². The molecule has 1 saturated heterocycles. The van der Waals surface area contributed by atoms with E-state index in [0.717, 1.165) is 43.6 Å². The Balaban J connectivity index is 1.63. The van der Waals surface area contributed by atoms with Crippen molar-refractivity contribution in [1.29, 1.82) is 0 Å². The molecule has 2 aromatic heterocycles. The highest BCUT2D eigenvalue weighted by Crippen LogP contribution is 2.29. The monoisotopic (exact) mass is 314 g/mol. The lowest BCUT2D eigenvalue weighted by atomic mass is 9.96. The van der Waals surface area contributed by atoms with Crippen LogP contribution < -0.4 is 0 Å². The first-order chi connectivity index (χ1) is 11.2. The molecule has 1 aliphatic heterocycles. The van der Waals surface area contributed by atoms with Gasteiger partial charge in [-0.3, -0.25) is 9.78 Å². The van der Waals surface area contributed by atoms with Gasteiger partial charge in [-0.1, -0.05) is 6.92 Å². The molecule has 6 heteroatoms. The Kier molecular flexibility index (Phi) is 4.69. The SMILES string of the molecule is CCCC(=O)N1CCC(c2nnc(-c3ccc(C)nc3)o2)CC1. The molecule has 3 heterocycles. The fraction of sp³-hybridized carbons (Fsp3) is 0.529. The summed E-state index contributed by atoms with van der Waals surface area (Å²) in [5.41, 5.74) is 1.79. The molecule has 3 rings (SSSR count). The average Bonchev–Trinajstić information content (AvgIpc) is 3.06. The van der Waals surface area contributed by atoms with Crippen LogP contribution in [0.15, 0.2) is 22.7 Å². The Morgan fingerprint density at radius 2 is 2.09 bits per heavy atom. The smallest absolute Gasteiger partial charge is 0.249 e. The summed E-state index contributed by atoms with van der Waals surface area (Å²) in [6.07, 6.45) is 5.04. The zero-order valence-electron chi connectivity index (χ0n) is 13.7. The molecule has 0 N–H and O–H groups in total. The number of aryl methyl sites for hydroxylation is 1. The number of rotatable bonds is 4. The van der Waals surface area contributed by atoms with E-state index in [9.17, 15) is 4.79 Å². The van der Waals surface area contributed by atoms with Crippen molar-refractivity contribution >= 4 is 5.91 Å². The van der Waals surface area contributed by atoms with E-state index >= 15 is 0 Å². The van der Waals surface area contributed by atoms with Crippen LogP contribution in [0.2, 0.25) is 0 Å². The fourth-order valence-electron chi connectivity index (χ4n) is 2.86. The number of hydrogen-bond donors (Lipinski definition) is 0. The highest BCUT2D eigenvalue weighted by molar-refractivity contribution is 5.76. The van der Waals surface area contributed by atoms with Crippen LogP contribution in [0.1, 0.15) is 50.1 Å². The number of piperidine rings is 1. The van der Waals surface area contributed by atoms with E-state index in [1.165, 1.54) is 0 Å². The number of pyridine rings is 1. The maximum Gasteiger partial charge on any atom is 0.249 e. The second-order valence-corrected chi connectivity index (χ2v) is 6.04. The summed E-state index contributed by atoms with van der Waals surface area (Å²) in [5, 5.41) is 8.33. The van der Waals surface area contributed by atoms with Crippen LogP contribution in [-0.4, -0.2) is 39.1 Å². The van der Waals surface area contributed by atoms with E-state index in [1.54, 1.807) is 6.20 Å². The van der Waals surface area contributed by atoms with Gasteiger partial charge in [-0.05, 0) is 38.3 Å². The van der Waals surface area contributed by atoms with Crippen LogP contribution in [0.3, 0.4) is 0 Å². The molecule has 0 radical (unpaired) electrons. The maximum absolute atomic E-state index is 11.9. The second-order valence-electron chi connectivity index (χ2n) is 6.04. The Hall–Kier alpha value is -2.24. The second kappa shape index (κ2) is 6.89. The molecule has 0 aromatic carbocycles. The molecule has 6 nitrogen and oxygen atoms in total. The van der Waals surface area contributed by atoms with Gasteiger partial charge in [0.2, 0.25) is 17.7 Å². The van der Waals surface area contributed by atoms with Gasteiger partial charge in [0.25, 0.3) is 0 Å². The van der Waals surface area contributed by atoms with Crippen molar-refractivity contribution < 1.29 is 9.21 Å². The summed E-state index contributed by atoms with van der Waals surface area (Å²) in [7, 11) is 0. The molecule has 1 amide bonds. The van der Waals surface area contributed by atoms with Gasteiger partial charge in [-0.2, -0.15) is 0 Å². The van der Waals surface area contributed by atoms with Crippen LogP contribution in [0.4, 0.5) is 0 Å². The number of hydrogen-bond acceptors (Lipinski definition) is 5. The maximum atomic E-state index is 11.9. The van der Waals surface area contributed by atoms with Gasteiger partial charge in [-0.25, -0.2) is 0 Å². The van der Waals surface area contributed by atoms with E-state index in [0.29, 0.717) is 18.2 Å². The van der Waals surface area contributed by atoms with E-state index in [1.807, 2.05) is 30.9 Å². The van der Waals surface area contributed by atoms with Crippen LogP contribution >= 0.6 is 0 Å². The normalized spacial score (nSPS) is 15.8. The highest BCUT2D eigenvalue weighted by atomic mass is 16.4. The van der Waals surface area contributed by atoms with Gasteiger partial charge in [0, 0.05) is 37.3 Å². The summed E-state index contributed by atoms with van der Waals surface area (Å²) >= 11 is 0. The quantitative estimate of drug-likeness (QED) is 0.867. The largest absolute Gasteiger partial charge is 0.420 e.